The fraction of sp³-hybridized carbons (Fsp3) is 0.316. The van der Waals surface area contributed by atoms with E-state index in [2.05, 4.69) is 36.4 Å². The van der Waals surface area contributed by atoms with E-state index in [1.165, 1.54) is 11.1 Å². The Balaban J connectivity index is 2.03. The van der Waals surface area contributed by atoms with Gasteiger partial charge in [-0.2, -0.15) is 0 Å². The molecule has 2 aromatic carbocycles. The lowest BCUT2D eigenvalue weighted by Crippen LogP contribution is -2.11. The zero-order valence-corrected chi connectivity index (χ0v) is 12.5. The van der Waals surface area contributed by atoms with E-state index in [0.29, 0.717) is 13.0 Å². The van der Waals surface area contributed by atoms with Crippen molar-refractivity contribution in [3.05, 3.63) is 71.8 Å². The number of aryl methyl sites for hydroxylation is 1. The molecule has 110 valence electrons. The van der Waals surface area contributed by atoms with Crippen LogP contribution < -0.4 is 0 Å². The molecule has 2 rings (SSSR count). The Hall–Kier alpha value is -2.09. The Morgan fingerprint density at radius 1 is 1.00 bits per heavy atom. The third kappa shape index (κ3) is 5.07. The van der Waals surface area contributed by atoms with Gasteiger partial charge in [-0.25, -0.2) is 0 Å². The molecule has 0 N–H and O–H groups in total. The standard InChI is InChI=1S/C19H22O2/c1-2-21-19(20)15-18(17-11-7-4-8-12-17)14-13-16-9-5-3-6-10-16/h3-12,18H,2,13-15H2,1H3. The van der Waals surface area contributed by atoms with Crippen molar-refractivity contribution in [2.45, 2.75) is 32.1 Å². The van der Waals surface area contributed by atoms with Gasteiger partial charge in [0.1, 0.15) is 0 Å². The third-order valence-electron chi connectivity index (χ3n) is 3.61. The zero-order valence-electron chi connectivity index (χ0n) is 12.5. The first-order valence-electron chi connectivity index (χ1n) is 7.54. The summed E-state index contributed by atoms with van der Waals surface area (Å²) in [6.07, 6.45) is 2.37. The second kappa shape index (κ2) is 8.25. The number of rotatable bonds is 7. The van der Waals surface area contributed by atoms with Crippen LogP contribution in [0.5, 0.6) is 0 Å². The molecule has 0 spiro atoms. The van der Waals surface area contributed by atoms with Crippen molar-refractivity contribution in [3.8, 4) is 0 Å². The highest BCUT2D eigenvalue weighted by Gasteiger charge is 2.16. The van der Waals surface area contributed by atoms with Gasteiger partial charge in [-0.1, -0.05) is 60.7 Å². The van der Waals surface area contributed by atoms with Gasteiger partial charge in [0.15, 0.2) is 0 Å². The maximum absolute atomic E-state index is 11.8. The van der Waals surface area contributed by atoms with E-state index in [0.717, 1.165) is 12.8 Å². The molecule has 0 aliphatic rings. The molecule has 0 amide bonds. The summed E-state index contributed by atoms with van der Waals surface area (Å²) in [5, 5.41) is 0. The fourth-order valence-electron chi connectivity index (χ4n) is 2.52. The smallest absolute Gasteiger partial charge is 0.306 e. The van der Waals surface area contributed by atoms with Crippen LogP contribution >= 0.6 is 0 Å². The van der Waals surface area contributed by atoms with Gasteiger partial charge in [0.05, 0.1) is 13.0 Å². The molecule has 0 bridgehead atoms. The topological polar surface area (TPSA) is 26.3 Å². The second-order valence-corrected chi connectivity index (χ2v) is 5.14. The largest absolute Gasteiger partial charge is 0.466 e. The Morgan fingerprint density at radius 3 is 2.24 bits per heavy atom. The molecule has 0 saturated heterocycles. The van der Waals surface area contributed by atoms with Gasteiger partial charge in [0, 0.05) is 0 Å². The van der Waals surface area contributed by atoms with Crippen molar-refractivity contribution in [1.82, 2.24) is 0 Å². The molecule has 0 heterocycles. The lowest BCUT2D eigenvalue weighted by Gasteiger charge is -2.16. The zero-order chi connectivity index (χ0) is 14.9. The summed E-state index contributed by atoms with van der Waals surface area (Å²) in [5.41, 5.74) is 2.52. The van der Waals surface area contributed by atoms with Crippen LogP contribution in [0.4, 0.5) is 0 Å². The highest BCUT2D eigenvalue weighted by molar-refractivity contribution is 5.70. The SMILES string of the molecule is CCOC(=O)CC(CCc1ccccc1)c1ccccc1. The predicted molar refractivity (Wildman–Crippen MR) is 85.2 cm³/mol. The molecule has 0 fully saturated rings. The van der Waals surface area contributed by atoms with Crippen LogP contribution in [0.15, 0.2) is 60.7 Å². The summed E-state index contributed by atoms with van der Waals surface area (Å²) >= 11 is 0. The lowest BCUT2D eigenvalue weighted by atomic mass is 9.90. The van der Waals surface area contributed by atoms with Crippen LogP contribution in [0, 0.1) is 0 Å². The molecule has 2 nitrogen and oxygen atoms in total. The number of carbonyl (C=O) groups is 1. The van der Waals surface area contributed by atoms with E-state index in [1.54, 1.807) is 0 Å². The van der Waals surface area contributed by atoms with Gasteiger partial charge in [0.2, 0.25) is 0 Å². The molecule has 2 heteroatoms. The number of hydrogen-bond acceptors (Lipinski definition) is 2. The van der Waals surface area contributed by atoms with Gasteiger partial charge in [-0.05, 0) is 36.8 Å². The Morgan fingerprint density at radius 2 is 1.62 bits per heavy atom. The van der Waals surface area contributed by atoms with Crippen molar-refractivity contribution in [2.24, 2.45) is 0 Å². The highest BCUT2D eigenvalue weighted by atomic mass is 16.5. The van der Waals surface area contributed by atoms with Crippen LogP contribution in [0.3, 0.4) is 0 Å². The van der Waals surface area contributed by atoms with Crippen LogP contribution in [-0.4, -0.2) is 12.6 Å². The average Bonchev–Trinajstić information content (AvgIpc) is 2.53. The van der Waals surface area contributed by atoms with Gasteiger partial charge in [0.25, 0.3) is 0 Å². The van der Waals surface area contributed by atoms with Crippen LogP contribution in [-0.2, 0) is 16.0 Å². The Bertz CT molecular complexity index is 534. The van der Waals surface area contributed by atoms with Crippen molar-refractivity contribution in [3.63, 3.8) is 0 Å². The number of esters is 1. The number of carbonyl (C=O) groups excluding carboxylic acids is 1. The number of benzene rings is 2. The summed E-state index contributed by atoms with van der Waals surface area (Å²) in [6.45, 7) is 2.29. The summed E-state index contributed by atoms with van der Waals surface area (Å²) in [6, 6.07) is 20.6. The molecular formula is C19H22O2. The first-order chi connectivity index (χ1) is 10.3. The van der Waals surface area contributed by atoms with Crippen LogP contribution in [0.2, 0.25) is 0 Å². The van der Waals surface area contributed by atoms with Crippen molar-refractivity contribution >= 4 is 5.97 Å². The Kier molecular flexibility index (Phi) is 6.01. The molecule has 1 atom stereocenters. The van der Waals surface area contributed by atoms with Crippen LogP contribution in [0.25, 0.3) is 0 Å². The minimum absolute atomic E-state index is 0.112. The first kappa shape index (κ1) is 15.3. The summed E-state index contributed by atoms with van der Waals surface area (Å²) in [5.74, 6) is 0.102. The van der Waals surface area contributed by atoms with E-state index in [1.807, 2.05) is 31.2 Å². The normalized spacial score (nSPS) is 11.9. The van der Waals surface area contributed by atoms with Gasteiger partial charge in [-0.15, -0.1) is 0 Å². The monoisotopic (exact) mass is 282 g/mol. The van der Waals surface area contributed by atoms with E-state index >= 15 is 0 Å². The summed E-state index contributed by atoms with van der Waals surface area (Å²) in [7, 11) is 0. The van der Waals surface area contributed by atoms with Crippen molar-refractivity contribution < 1.29 is 9.53 Å². The molecule has 0 saturated carbocycles. The molecule has 2 aromatic rings. The van der Waals surface area contributed by atoms with E-state index in [4.69, 9.17) is 4.74 Å². The molecule has 0 aliphatic carbocycles. The molecular weight excluding hydrogens is 260 g/mol. The van der Waals surface area contributed by atoms with Gasteiger partial charge >= 0.3 is 5.97 Å². The molecule has 1 unspecified atom stereocenters. The number of ether oxygens (including phenoxy) is 1. The minimum atomic E-state index is -0.112. The maximum Gasteiger partial charge on any atom is 0.306 e. The van der Waals surface area contributed by atoms with E-state index < -0.39 is 0 Å². The van der Waals surface area contributed by atoms with Gasteiger partial charge in [-0.3, -0.25) is 4.79 Å². The Labute approximate surface area is 126 Å². The van der Waals surface area contributed by atoms with Crippen LogP contribution in [0.1, 0.15) is 36.8 Å². The molecule has 0 aromatic heterocycles. The molecule has 21 heavy (non-hydrogen) atoms. The second-order valence-electron chi connectivity index (χ2n) is 5.14. The average molecular weight is 282 g/mol. The van der Waals surface area contributed by atoms with Crippen molar-refractivity contribution in [2.75, 3.05) is 6.61 Å². The third-order valence-corrected chi connectivity index (χ3v) is 3.61. The molecule has 0 aliphatic heterocycles. The van der Waals surface area contributed by atoms with Gasteiger partial charge < -0.3 is 4.74 Å². The summed E-state index contributed by atoms with van der Waals surface area (Å²) < 4.78 is 5.11. The molecule has 0 radical (unpaired) electrons. The highest BCUT2D eigenvalue weighted by Crippen LogP contribution is 2.25. The maximum atomic E-state index is 11.8. The predicted octanol–water partition coefficient (Wildman–Crippen LogP) is 4.36. The number of hydrogen-bond donors (Lipinski definition) is 0. The van der Waals surface area contributed by atoms with Crippen molar-refractivity contribution in [1.29, 1.82) is 0 Å². The first-order valence-corrected chi connectivity index (χ1v) is 7.54. The fourth-order valence-corrected chi connectivity index (χ4v) is 2.52. The van der Waals surface area contributed by atoms with E-state index in [-0.39, 0.29) is 11.9 Å². The summed E-state index contributed by atoms with van der Waals surface area (Å²) in [4.78, 5) is 11.8. The van der Waals surface area contributed by atoms with E-state index in [9.17, 15) is 4.79 Å². The minimum Gasteiger partial charge on any atom is -0.466 e. The quantitative estimate of drug-likeness (QED) is 0.705. The lowest BCUT2D eigenvalue weighted by molar-refractivity contribution is -0.143.